The molecule has 0 aliphatic heterocycles. The summed E-state index contributed by atoms with van der Waals surface area (Å²) in [5.41, 5.74) is 10.7. The molecule has 0 saturated carbocycles. The van der Waals surface area contributed by atoms with Crippen LogP contribution in [0.25, 0.3) is 0 Å². The summed E-state index contributed by atoms with van der Waals surface area (Å²) in [6.45, 7) is -0.101. The van der Waals surface area contributed by atoms with Crippen molar-refractivity contribution >= 4 is 29.7 Å². The molecule has 0 unspecified atom stereocenters. The molecule has 12 heteroatoms. The number of carbonyl (C=O) groups excluding carboxylic acids is 2. The summed E-state index contributed by atoms with van der Waals surface area (Å²) in [5.74, 6) is -4.09. The summed E-state index contributed by atoms with van der Waals surface area (Å²) in [4.78, 5) is 44.7. The molecule has 10 N–H and O–H groups in total. The van der Waals surface area contributed by atoms with E-state index in [4.69, 9.17) is 27.1 Å². The summed E-state index contributed by atoms with van der Waals surface area (Å²) < 4.78 is 0. The second kappa shape index (κ2) is 11.6. The lowest BCUT2D eigenvalue weighted by atomic mass is 10.1. The van der Waals surface area contributed by atoms with Crippen LogP contribution in [0, 0.1) is 5.41 Å². The van der Waals surface area contributed by atoms with Gasteiger partial charge in [-0.2, -0.15) is 0 Å². The Kier molecular flexibility index (Phi) is 10.3. The van der Waals surface area contributed by atoms with E-state index in [0.717, 1.165) is 0 Å². The molecule has 12 nitrogen and oxygen atoms in total. The van der Waals surface area contributed by atoms with E-state index in [9.17, 15) is 19.2 Å². The molecule has 0 spiro atoms. The number of guanidine groups is 1. The van der Waals surface area contributed by atoms with Gasteiger partial charge in [0.25, 0.3) is 0 Å². The number of amides is 2. The summed E-state index contributed by atoms with van der Waals surface area (Å²) >= 11 is 0. The van der Waals surface area contributed by atoms with Gasteiger partial charge in [0.15, 0.2) is 5.96 Å². The third-order valence-corrected chi connectivity index (χ3v) is 3.05. The van der Waals surface area contributed by atoms with E-state index < -0.39 is 48.8 Å². The fourth-order valence-electron chi connectivity index (χ4n) is 1.75. The van der Waals surface area contributed by atoms with Gasteiger partial charge in [-0.15, -0.1) is 0 Å². The Morgan fingerprint density at radius 3 is 2.24 bits per heavy atom. The van der Waals surface area contributed by atoms with E-state index in [2.05, 4.69) is 16.0 Å². The zero-order valence-corrected chi connectivity index (χ0v) is 13.6. The molecule has 2 atom stereocenters. The van der Waals surface area contributed by atoms with Crippen LogP contribution in [0.1, 0.15) is 25.7 Å². The maximum atomic E-state index is 11.7. The Hall–Kier alpha value is -2.89. The highest BCUT2D eigenvalue weighted by molar-refractivity contribution is 5.89. The Morgan fingerprint density at radius 2 is 1.72 bits per heavy atom. The van der Waals surface area contributed by atoms with Gasteiger partial charge in [0.1, 0.15) is 6.04 Å². The van der Waals surface area contributed by atoms with Crippen LogP contribution in [0.5, 0.6) is 0 Å². The molecule has 142 valence electrons. The van der Waals surface area contributed by atoms with Gasteiger partial charge in [-0.1, -0.05) is 0 Å². The normalized spacial score (nSPS) is 12.5. The molecule has 2 amide bonds. The number of rotatable bonds is 12. The van der Waals surface area contributed by atoms with Crippen LogP contribution in [-0.4, -0.2) is 65.1 Å². The summed E-state index contributed by atoms with van der Waals surface area (Å²) in [7, 11) is 0. The molecule has 0 bridgehead atoms. The minimum absolute atomic E-state index is 0.189. The fourth-order valence-corrected chi connectivity index (χ4v) is 1.75. The lowest BCUT2D eigenvalue weighted by Gasteiger charge is -2.15. The van der Waals surface area contributed by atoms with E-state index in [1.807, 2.05) is 0 Å². The second-order valence-corrected chi connectivity index (χ2v) is 5.20. The molecule has 0 aromatic heterocycles. The fraction of sp³-hybridized carbons (Fsp3) is 0.615. The monoisotopic (exact) mass is 360 g/mol. The highest BCUT2D eigenvalue weighted by Crippen LogP contribution is 1.98. The van der Waals surface area contributed by atoms with Crippen LogP contribution in [0.4, 0.5) is 0 Å². The molecule has 0 aromatic carbocycles. The summed E-state index contributed by atoms with van der Waals surface area (Å²) in [5, 5.41) is 31.4. The number of hydrogen-bond acceptors (Lipinski definition) is 6. The quantitative estimate of drug-likeness (QED) is 0.102. The number of carboxylic acid groups (broad SMARTS) is 2. The minimum atomic E-state index is -1.37. The maximum Gasteiger partial charge on any atom is 0.326 e. The first-order valence-corrected chi connectivity index (χ1v) is 7.48. The van der Waals surface area contributed by atoms with Gasteiger partial charge >= 0.3 is 11.9 Å². The third-order valence-electron chi connectivity index (χ3n) is 3.05. The number of aliphatic carboxylic acids is 2. The lowest BCUT2D eigenvalue weighted by Crippen LogP contribution is -2.48. The Labute approximate surface area is 143 Å². The first kappa shape index (κ1) is 22.1. The zero-order chi connectivity index (χ0) is 19.4. The van der Waals surface area contributed by atoms with Crippen molar-refractivity contribution in [2.24, 2.45) is 11.5 Å². The highest BCUT2D eigenvalue weighted by atomic mass is 16.4. The largest absolute Gasteiger partial charge is 0.481 e. The van der Waals surface area contributed by atoms with Crippen molar-refractivity contribution in [1.29, 1.82) is 5.41 Å². The van der Waals surface area contributed by atoms with E-state index in [1.54, 1.807) is 0 Å². The molecule has 0 heterocycles. The number of carboxylic acids is 2. The molecule has 0 aliphatic carbocycles. The van der Waals surface area contributed by atoms with E-state index in [1.165, 1.54) is 0 Å². The molecule has 0 saturated heterocycles. The lowest BCUT2D eigenvalue weighted by molar-refractivity contribution is -0.143. The van der Waals surface area contributed by atoms with Crippen LogP contribution < -0.4 is 27.4 Å². The van der Waals surface area contributed by atoms with Crippen molar-refractivity contribution in [3.63, 3.8) is 0 Å². The average molecular weight is 360 g/mol. The van der Waals surface area contributed by atoms with Gasteiger partial charge < -0.3 is 37.6 Å². The van der Waals surface area contributed by atoms with Crippen LogP contribution in [0.2, 0.25) is 0 Å². The zero-order valence-electron chi connectivity index (χ0n) is 13.6. The first-order valence-electron chi connectivity index (χ1n) is 7.48. The maximum absolute atomic E-state index is 11.7. The average Bonchev–Trinajstić information content (AvgIpc) is 2.52. The molecule has 0 aromatic rings. The van der Waals surface area contributed by atoms with E-state index >= 15 is 0 Å². The Balaban J connectivity index is 4.15. The van der Waals surface area contributed by atoms with Crippen LogP contribution in [0.3, 0.4) is 0 Å². The molecule has 0 aliphatic rings. The smallest absolute Gasteiger partial charge is 0.326 e. The van der Waals surface area contributed by atoms with Gasteiger partial charge in [-0.25, -0.2) is 4.79 Å². The Morgan fingerprint density at radius 1 is 1.08 bits per heavy atom. The van der Waals surface area contributed by atoms with Gasteiger partial charge in [0.2, 0.25) is 11.8 Å². The predicted octanol–water partition coefficient (Wildman–Crippen LogP) is -2.87. The van der Waals surface area contributed by atoms with Crippen LogP contribution in [-0.2, 0) is 19.2 Å². The summed E-state index contributed by atoms with van der Waals surface area (Å²) in [6, 6.07) is -2.23. The van der Waals surface area contributed by atoms with Crippen molar-refractivity contribution in [2.75, 3.05) is 13.1 Å². The van der Waals surface area contributed by atoms with Crippen molar-refractivity contribution in [3.05, 3.63) is 0 Å². The number of hydrogen-bond donors (Lipinski definition) is 8. The van der Waals surface area contributed by atoms with Crippen molar-refractivity contribution in [1.82, 2.24) is 16.0 Å². The molecular weight excluding hydrogens is 336 g/mol. The van der Waals surface area contributed by atoms with Crippen LogP contribution in [0.15, 0.2) is 0 Å². The third kappa shape index (κ3) is 11.3. The van der Waals surface area contributed by atoms with Gasteiger partial charge in [-0.05, 0) is 19.3 Å². The molecule has 0 rings (SSSR count). The second-order valence-electron chi connectivity index (χ2n) is 5.20. The molecule has 25 heavy (non-hydrogen) atoms. The SMILES string of the molecule is N=C(N)NCCC[C@H](N)C(=O)NCC(=O)N[C@@H](CCC(=O)O)C(=O)O. The van der Waals surface area contributed by atoms with Gasteiger partial charge in [0, 0.05) is 13.0 Å². The number of carbonyl (C=O) groups is 4. The van der Waals surface area contributed by atoms with Crippen LogP contribution >= 0.6 is 0 Å². The molecule has 0 radical (unpaired) electrons. The van der Waals surface area contributed by atoms with Crippen molar-refractivity contribution in [2.45, 2.75) is 37.8 Å². The standard InChI is InChI=1S/C13H24N6O6/c14-7(2-1-5-17-13(15)16)11(23)18-6-9(20)19-8(12(24)25)3-4-10(21)22/h7-8H,1-6,14H2,(H,18,23)(H,19,20)(H,21,22)(H,24,25)(H4,15,16,17)/t7-,8-/m0/s1. The van der Waals surface area contributed by atoms with Gasteiger partial charge in [0.05, 0.1) is 12.6 Å². The Bertz CT molecular complexity index is 511. The predicted molar refractivity (Wildman–Crippen MR) is 86.6 cm³/mol. The summed E-state index contributed by atoms with van der Waals surface area (Å²) in [6.07, 6.45) is 0.0938. The van der Waals surface area contributed by atoms with E-state index in [0.29, 0.717) is 19.4 Å². The van der Waals surface area contributed by atoms with Crippen molar-refractivity contribution < 1.29 is 29.4 Å². The topological polar surface area (TPSA) is 221 Å². The van der Waals surface area contributed by atoms with Gasteiger partial charge in [-0.3, -0.25) is 19.8 Å². The first-order chi connectivity index (χ1) is 11.6. The number of nitrogens with one attached hydrogen (secondary N) is 4. The number of nitrogens with two attached hydrogens (primary N) is 2. The van der Waals surface area contributed by atoms with E-state index in [-0.39, 0.29) is 12.4 Å². The molecular formula is C13H24N6O6. The molecule has 0 fully saturated rings. The highest BCUT2D eigenvalue weighted by Gasteiger charge is 2.21. The van der Waals surface area contributed by atoms with Crippen molar-refractivity contribution in [3.8, 4) is 0 Å². The minimum Gasteiger partial charge on any atom is -0.481 e.